The first-order valence-electron chi connectivity index (χ1n) is 9.16. The first kappa shape index (κ1) is 19.9. The maximum Gasteiger partial charge on any atom is 0.573 e. The van der Waals surface area contributed by atoms with Crippen LogP contribution in [0.2, 0.25) is 0 Å². The van der Waals surface area contributed by atoms with E-state index in [2.05, 4.69) is 20.0 Å². The van der Waals surface area contributed by atoms with E-state index in [9.17, 15) is 18.0 Å². The third kappa shape index (κ3) is 4.43. The highest BCUT2D eigenvalue weighted by Gasteiger charge is 2.32. The standard InChI is InChI=1S/C20H17F3N4O3/c21-20(22,23)30-16-8-4-3-7-15(16)25-19(28)17-24-14-6-2-1-5-13(14)18(26-17)27-9-11-29-12-10-27/h1-8H,9-12H2,(H,25,28). The van der Waals surface area contributed by atoms with Crippen LogP contribution in [0.1, 0.15) is 10.6 Å². The van der Waals surface area contributed by atoms with Gasteiger partial charge in [-0.15, -0.1) is 13.2 Å². The summed E-state index contributed by atoms with van der Waals surface area (Å²) in [6.07, 6.45) is -4.89. The number of para-hydroxylation sites is 3. The number of nitrogens with zero attached hydrogens (tertiary/aromatic N) is 3. The highest BCUT2D eigenvalue weighted by molar-refractivity contribution is 6.04. The number of ether oxygens (including phenoxy) is 2. The van der Waals surface area contributed by atoms with Crippen LogP contribution in [0.25, 0.3) is 10.9 Å². The topological polar surface area (TPSA) is 76.6 Å². The minimum Gasteiger partial charge on any atom is -0.404 e. The summed E-state index contributed by atoms with van der Waals surface area (Å²) in [5.74, 6) is -0.841. The van der Waals surface area contributed by atoms with Crippen LogP contribution in [0.15, 0.2) is 48.5 Å². The van der Waals surface area contributed by atoms with Gasteiger partial charge in [-0.1, -0.05) is 24.3 Å². The summed E-state index contributed by atoms with van der Waals surface area (Å²) in [7, 11) is 0. The molecule has 7 nitrogen and oxygen atoms in total. The molecule has 2 aromatic carbocycles. The maximum absolute atomic E-state index is 12.8. The van der Waals surface area contributed by atoms with E-state index in [0.29, 0.717) is 37.6 Å². The predicted octanol–water partition coefficient (Wildman–Crippen LogP) is 3.62. The highest BCUT2D eigenvalue weighted by atomic mass is 19.4. The molecule has 1 amide bonds. The van der Waals surface area contributed by atoms with Gasteiger partial charge in [-0.25, -0.2) is 9.97 Å². The van der Waals surface area contributed by atoms with Gasteiger partial charge in [0, 0.05) is 18.5 Å². The van der Waals surface area contributed by atoms with Crippen LogP contribution >= 0.6 is 0 Å². The smallest absolute Gasteiger partial charge is 0.404 e. The molecule has 3 aromatic rings. The quantitative estimate of drug-likeness (QED) is 0.698. The number of amides is 1. The minimum absolute atomic E-state index is 0.135. The van der Waals surface area contributed by atoms with Gasteiger partial charge in [-0.05, 0) is 24.3 Å². The molecule has 1 N–H and O–H groups in total. The number of rotatable bonds is 4. The van der Waals surface area contributed by atoms with Crippen LogP contribution in [-0.2, 0) is 4.74 Å². The van der Waals surface area contributed by atoms with Crippen LogP contribution < -0.4 is 15.0 Å². The molecule has 0 radical (unpaired) electrons. The fourth-order valence-corrected chi connectivity index (χ4v) is 3.14. The van der Waals surface area contributed by atoms with Crippen molar-refractivity contribution in [3.8, 4) is 5.75 Å². The van der Waals surface area contributed by atoms with E-state index in [1.807, 2.05) is 17.0 Å². The van der Waals surface area contributed by atoms with E-state index >= 15 is 0 Å². The number of anilines is 2. The number of halogens is 3. The van der Waals surface area contributed by atoms with Crippen molar-refractivity contribution in [2.24, 2.45) is 0 Å². The van der Waals surface area contributed by atoms with E-state index in [4.69, 9.17) is 4.74 Å². The normalized spacial score (nSPS) is 14.6. The van der Waals surface area contributed by atoms with Crippen LogP contribution in [0, 0.1) is 0 Å². The number of nitrogens with one attached hydrogen (secondary N) is 1. The van der Waals surface area contributed by atoms with Gasteiger partial charge in [0.05, 0.1) is 24.4 Å². The van der Waals surface area contributed by atoms with Crippen molar-refractivity contribution in [3.05, 3.63) is 54.4 Å². The Morgan fingerprint density at radius 1 is 1.03 bits per heavy atom. The van der Waals surface area contributed by atoms with E-state index in [1.165, 1.54) is 18.2 Å². The largest absolute Gasteiger partial charge is 0.573 e. The zero-order valence-electron chi connectivity index (χ0n) is 15.6. The monoisotopic (exact) mass is 418 g/mol. The van der Waals surface area contributed by atoms with Gasteiger partial charge in [0.1, 0.15) is 5.82 Å². The SMILES string of the molecule is O=C(Nc1ccccc1OC(F)(F)F)c1nc(N2CCOCC2)c2ccccc2n1. The lowest BCUT2D eigenvalue weighted by atomic mass is 10.2. The van der Waals surface area contributed by atoms with Gasteiger partial charge in [-0.3, -0.25) is 4.79 Å². The molecule has 2 heterocycles. The van der Waals surface area contributed by atoms with Crippen LogP contribution in [-0.4, -0.2) is 48.5 Å². The third-order valence-corrected chi connectivity index (χ3v) is 4.46. The molecule has 0 spiro atoms. The summed E-state index contributed by atoms with van der Waals surface area (Å²) in [6.45, 7) is 2.26. The average molecular weight is 418 g/mol. The number of morpholine rings is 1. The predicted molar refractivity (Wildman–Crippen MR) is 104 cm³/mol. The summed E-state index contributed by atoms with van der Waals surface area (Å²) in [5, 5.41) is 3.19. The van der Waals surface area contributed by atoms with Crippen molar-refractivity contribution in [2.45, 2.75) is 6.36 Å². The van der Waals surface area contributed by atoms with Gasteiger partial charge < -0.3 is 19.7 Å². The van der Waals surface area contributed by atoms with E-state index < -0.39 is 18.0 Å². The second kappa shape index (κ2) is 8.15. The lowest BCUT2D eigenvalue weighted by molar-refractivity contribution is -0.274. The molecule has 30 heavy (non-hydrogen) atoms. The number of hydrogen-bond acceptors (Lipinski definition) is 6. The summed E-state index contributed by atoms with van der Waals surface area (Å²) >= 11 is 0. The molecule has 0 unspecified atom stereocenters. The fraction of sp³-hybridized carbons (Fsp3) is 0.250. The minimum atomic E-state index is -4.89. The average Bonchev–Trinajstić information content (AvgIpc) is 2.74. The molecule has 1 aliphatic rings. The zero-order chi connectivity index (χ0) is 21.1. The number of carbonyl (C=O) groups excluding carboxylic acids is 1. The summed E-state index contributed by atoms with van der Waals surface area (Å²) in [4.78, 5) is 23.5. The fourth-order valence-electron chi connectivity index (χ4n) is 3.14. The van der Waals surface area contributed by atoms with Gasteiger partial charge in [0.25, 0.3) is 5.91 Å². The Kier molecular flexibility index (Phi) is 5.40. The highest BCUT2D eigenvalue weighted by Crippen LogP contribution is 2.30. The molecular formula is C20H17F3N4O3. The molecule has 0 bridgehead atoms. The molecule has 1 saturated heterocycles. The van der Waals surface area contributed by atoms with Crippen LogP contribution in [0.4, 0.5) is 24.7 Å². The molecule has 0 atom stereocenters. The molecular weight excluding hydrogens is 401 g/mol. The molecule has 4 rings (SSSR count). The Morgan fingerprint density at radius 3 is 2.50 bits per heavy atom. The van der Waals surface area contributed by atoms with Crippen molar-refractivity contribution in [2.75, 3.05) is 36.5 Å². The van der Waals surface area contributed by atoms with Crippen molar-refractivity contribution in [3.63, 3.8) is 0 Å². The maximum atomic E-state index is 12.8. The number of alkyl halides is 3. The van der Waals surface area contributed by atoms with Crippen molar-refractivity contribution in [1.29, 1.82) is 0 Å². The number of hydrogen-bond donors (Lipinski definition) is 1. The first-order chi connectivity index (χ1) is 14.4. The summed E-state index contributed by atoms with van der Waals surface area (Å²) < 4.78 is 47.3. The van der Waals surface area contributed by atoms with E-state index in [1.54, 1.807) is 12.1 Å². The molecule has 0 aliphatic carbocycles. The number of aromatic nitrogens is 2. The second-order valence-corrected chi connectivity index (χ2v) is 6.49. The van der Waals surface area contributed by atoms with Gasteiger partial charge in [0.2, 0.25) is 5.82 Å². The second-order valence-electron chi connectivity index (χ2n) is 6.49. The zero-order valence-corrected chi connectivity index (χ0v) is 15.6. The van der Waals surface area contributed by atoms with Crippen molar-refractivity contribution in [1.82, 2.24) is 9.97 Å². The van der Waals surface area contributed by atoms with Crippen molar-refractivity contribution >= 4 is 28.3 Å². The molecule has 1 aliphatic heterocycles. The van der Waals surface area contributed by atoms with Crippen LogP contribution in [0.3, 0.4) is 0 Å². The Balaban J connectivity index is 1.68. The molecule has 1 fully saturated rings. The Hall–Kier alpha value is -3.40. The summed E-state index contributed by atoms with van der Waals surface area (Å²) in [6, 6.07) is 12.5. The van der Waals surface area contributed by atoms with Gasteiger partial charge in [-0.2, -0.15) is 0 Å². The number of fused-ring (bicyclic) bond motifs is 1. The Bertz CT molecular complexity index is 1070. The molecule has 1 aromatic heterocycles. The van der Waals surface area contributed by atoms with Crippen molar-refractivity contribution < 1.29 is 27.4 Å². The van der Waals surface area contributed by atoms with Gasteiger partial charge >= 0.3 is 6.36 Å². The lowest BCUT2D eigenvalue weighted by Gasteiger charge is -2.28. The van der Waals surface area contributed by atoms with E-state index in [0.717, 1.165) is 11.5 Å². The number of benzene rings is 2. The summed E-state index contributed by atoms with van der Waals surface area (Å²) in [5.41, 5.74) is 0.420. The number of carbonyl (C=O) groups is 1. The van der Waals surface area contributed by atoms with Gasteiger partial charge in [0.15, 0.2) is 5.75 Å². The van der Waals surface area contributed by atoms with E-state index in [-0.39, 0.29) is 11.5 Å². The molecule has 0 saturated carbocycles. The first-order valence-corrected chi connectivity index (χ1v) is 9.16. The Labute approximate surface area is 169 Å². The third-order valence-electron chi connectivity index (χ3n) is 4.46. The van der Waals surface area contributed by atoms with Crippen LogP contribution in [0.5, 0.6) is 5.75 Å². The Morgan fingerprint density at radius 2 is 1.73 bits per heavy atom. The molecule has 156 valence electrons. The molecule has 10 heteroatoms. The lowest BCUT2D eigenvalue weighted by Crippen LogP contribution is -2.37.